The fraction of sp³-hybridized carbons (Fsp3) is 0.250. The molecule has 1 saturated heterocycles. The van der Waals surface area contributed by atoms with Gasteiger partial charge in [-0.3, -0.25) is 4.90 Å². The second kappa shape index (κ2) is 14.4. The summed E-state index contributed by atoms with van der Waals surface area (Å²) in [5.41, 5.74) is 3.88. The lowest BCUT2D eigenvalue weighted by atomic mass is 9.99. The second-order valence-corrected chi connectivity index (χ2v) is 12.2. The number of hydrogen-bond acceptors (Lipinski definition) is 9. The first-order chi connectivity index (χ1) is 22.1. The largest absolute Gasteiger partial charge is 0.493 e. The quantitative estimate of drug-likeness (QED) is 0.137. The van der Waals surface area contributed by atoms with E-state index >= 15 is 0 Å². The van der Waals surface area contributed by atoms with Crippen LogP contribution in [0.2, 0.25) is 0 Å². The molecular formula is C36H35N5O3S. The Balaban J connectivity index is 1.18. The van der Waals surface area contributed by atoms with Crippen LogP contribution in [-0.2, 0) is 0 Å². The number of thiophene rings is 1. The third kappa shape index (κ3) is 7.32. The van der Waals surface area contributed by atoms with E-state index < -0.39 is 0 Å². The van der Waals surface area contributed by atoms with E-state index in [-0.39, 0.29) is 12.6 Å². The molecule has 228 valence electrons. The molecule has 3 aromatic carbocycles. The molecule has 1 aliphatic rings. The van der Waals surface area contributed by atoms with Gasteiger partial charge in [0.05, 0.1) is 29.3 Å². The summed E-state index contributed by atoms with van der Waals surface area (Å²) < 4.78 is 12.1. The molecule has 2 aromatic heterocycles. The van der Waals surface area contributed by atoms with Gasteiger partial charge in [0.15, 0.2) is 0 Å². The minimum absolute atomic E-state index is 0.224. The summed E-state index contributed by atoms with van der Waals surface area (Å²) in [5, 5.41) is 23.0. The van der Waals surface area contributed by atoms with Crippen molar-refractivity contribution in [3.05, 3.63) is 102 Å². The van der Waals surface area contributed by atoms with Gasteiger partial charge in [0.1, 0.15) is 23.3 Å². The zero-order valence-corrected chi connectivity index (χ0v) is 26.0. The molecule has 8 nitrogen and oxygen atoms in total. The highest BCUT2D eigenvalue weighted by Crippen LogP contribution is 2.43. The summed E-state index contributed by atoms with van der Waals surface area (Å²) in [6.07, 6.45) is 4.84. The number of nitriles is 1. The molecule has 45 heavy (non-hydrogen) atoms. The summed E-state index contributed by atoms with van der Waals surface area (Å²) in [5.74, 6) is 2.65. The average molecular weight is 618 g/mol. The molecule has 5 aromatic rings. The van der Waals surface area contributed by atoms with Crippen LogP contribution in [0.5, 0.6) is 17.2 Å². The van der Waals surface area contributed by atoms with E-state index in [1.807, 2.05) is 91.9 Å². The Morgan fingerprint density at radius 3 is 2.69 bits per heavy atom. The Morgan fingerprint density at radius 1 is 1.02 bits per heavy atom. The first-order valence-electron chi connectivity index (χ1n) is 15.2. The highest BCUT2D eigenvalue weighted by atomic mass is 32.1. The van der Waals surface area contributed by atoms with Crippen LogP contribution in [0.4, 0.5) is 11.6 Å². The summed E-state index contributed by atoms with van der Waals surface area (Å²) >= 11 is 1.54. The van der Waals surface area contributed by atoms with E-state index in [1.165, 1.54) is 0 Å². The van der Waals surface area contributed by atoms with Crippen LogP contribution < -0.4 is 14.8 Å². The predicted octanol–water partition coefficient (Wildman–Crippen LogP) is 7.81. The molecule has 1 atom stereocenters. The Morgan fingerprint density at radius 2 is 1.84 bits per heavy atom. The van der Waals surface area contributed by atoms with E-state index in [0.29, 0.717) is 23.9 Å². The van der Waals surface area contributed by atoms with Crippen LogP contribution in [0.1, 0.15) is 29.7 Å². The van der Waals surface area contributed by atoms with Gasteiger partial charge >= 0.3 is 0 Å². The molecule has 0 aliphatic carbocycles. The van der Waals surface area contributed by atoms with Crippen molar-refractivity contribution in [1.82, 2.24) is 14.9 Å². The number of hydrogen-bond donors (Lipinski definition) is 2. The molecule has 0 amide bonds. The molecule has 1 aliphatic heterocycles. The fourth-order valence-corrected chi connectivity index (χ4v) is 6.76. The van der Waals surface area contributed by atoms with E-state index in [0.717, 1.165) is 76.1 Å². The highest BCUT2D eigenvalue weighted by molar-refractivity contribution is 7.16. The number of nitrogens with one attached hydrogen (secondary N) is 1. The van der Waals surface area contributed by atoms with Gasteiger partial charge in [-0.1, -0.05) is 36.4 Å². The smallest absolute Gasteiger partial charge is 0.227 e. The van der Waals surface area contributed by atoms with E-state index in [4.69, 9.17) is 14.5 Å². The maximum Gasteiger partial charge on any atom is 0.227 e. The van der Waals surface area contributed by atoms with Gasteiger partial charge in [-0.15, -0.1) is 11.3 Å². The zero-order valence-electron chi connectivity index (χ0n) is 25.1. The standard InChI is InChI=1S/C36H35N5O3S/c1-25-32(23-37)34(26-9-5-15-31(21-26)44-29-12-3-2-4-13-29)35(45-25)33-16-17-38-36(40-33)39-27-10-6-14-30(22-27)43-20-8-19-41-18-7-11-28(41)24-42/h2-6,9-10,12-17,21-22,28,42H,7-8,11,18-20,24H2,1H3,(H,38,39,40)/t28-/m0/s1. The number of ether oxygens (including phenoxy) is 2. The minimum atomic E-state index is 0.224. The third-order valence-corrected chi connectivity index (χ3v) is 8.97. The normalized spacial score (nSPS) is 14.6. The van der Waals surface area contributed by atoms with Crippen molar-refractivity contribution in [3.63, 3.8) is 0 Å². The summed E-state index contributed by atoms with van der Waals surface area (Å²) in [4.78, 5) is 13.5. The molecule has 1 fully saturated rings. The van der Waals surface area contributed by atoms with Crippen LogP contribution in [-0.4, -0.2) is 52.3 Å². The number of aliphatic hydroxyl groups excluding tert-OH is 1. The van der Waals surface area contributed by atoms with Crippen LogP contribution >= 0.6 is 11.3 Å². The van der Waals surface area contributed by atoms with Crippen molar-refractivity contribution >= 4 is 23.0 Å². The van der Waals surface area contributed by atoms with Crippen molar-refractivity contribution in [3.8, 4) is 45.0 Å². The Labute approximate surface area is 267 Å². The average Bonchev–Trinajstić information content (AvgIpc) is 3.67. The first-order valence-corrected chi connectivity index (χ1v) is 16.0. The summed E-state index contributed by atoms with van der Waals surface area (Å²) in [6, 6.07) is 29.8. The van der Waals surface area contributed by atoms with Gasteiger partial charge in [-0.05, 0) is 80.8 Å². The van der Waals surface area contributed by atoms with Crippen LogP contribution in [0, 0.1) is 18.3 Å². The molecule has 2 N–H and O–H groups in total. The van der Waals surface area contributed by atoms with Crippen molar-refractivity contribution in [2.75, 3.05) is 31.6 Å². The van der Waals surface area contributed by atoms with E-state index in [2.05, 4.69) is 21.3 Å². The number of para-hydroxylation sites is 1. The van der Waals surface area contributed by atoms with Crippen molar-refractivity contribution in [2.24, 2.45) is 0 Å². The lowest BCUT2D eigenvalue weighted by molar-refractivity contribution is 0.150. The van der Waals surface area contributed by atoms with Gasteiger partial charge in [0.2, 0.25) is 5.95 Å². The number of nitrogens with zero attached hydrogens (tertiary/aromatic N) is 4. The molecule has 3 heterocycles. The van der Waals surface area contributed by atoms with Gasteiger partial charge in [0.25, 0.3) is 0 Å². The Hall–Kier alpha value is -4.75. The topological polar surface area (TPSA) is 104 Å². The lowest BCUT2D eigenvalue weighted by Gasteiger charge is -2.22. The summed E-state index contributed by atoms with van der Waals surface area (Å²) in [6.45, 7) is 4.75. The molecule has 0 spiro atoms. The van der Waals surface area contributed by atoms with E-state index in [1.54, 1.807) is 17.5 Å². The van der Waals surface area contributed by atoms with Crippen molar-refractivity contribution < 1.29 is 14.6 Å². The number of rotatable bonds is 12. The zero-order chi connectivity index (χ0) is 31.0. The lowest BCUT2D eigenvalue weighted by Crippen LogP contribution is -2.33. The second-order valence-electron chi connectivity index (χ2n) is 10.9. The fourth-order valence-electron chi connectivity index (χ4n) is 5.67. The number of benzene rings is 3. The monoisotopic (exact) mass is 617 g/mol. The molecule has 0 bridgehead atoms. The minimum Gasteiger partial charge on any atom is -0.493 e. The first kappa shape index (κ1) is 30.3. The molecule has 0 radical (unpaired) electrons. The van der Waals surface area contributed by atoms with Gasteiger partial charge in [-0.25, -0.2) is 9.97 Å². The Kier molecular flexibility index (Phi) is 9.66. The molecule has 0 unspecified atom stereocenters. The van der Waals surface area contributed by atoms with E-state index in [9.17, 15) is 10.4 Å². The predicted molar refractivity (Wildman–Crippen MR) is 178 cm³/mol. The molecular weight excluding hydrogens is 582 g/mol. The number of aromatic nitrogens is 2. The van der Waals surface area contributed by atoms with Crippen LogP contribution in [0.25, 0.3) is 21.7 Å². The third-order valence-electron chi connectivity index (χ3n) is 7.84. The van der Waals surface area contributed by atoms with Gasteiger partial charge < -0.3 is 19.9 Å². The maximum absolute atomic E-state index is 10.1. The number of likely N-dealkylation sites (tertiary alicyclic amines) is 1. The molecule has 6 rings (SSSR count). The van der Waals surface area contributed by atoms with Crippen LogP contribution in [0.15, 0.2) is 91.1 Å². The van der Waals surface area contributed by atoms with Gasteiger partial charge in [0, 0.05) is 41.0 Å². The number of aryl methyl sites for hydroxylation is 1. The maximum atomic E-state index is 10.1. The number of anilines is 2. The SMILES string of the molecule is Cc1sc(-c2ccnc(Nc3cccc(OCCCN4CCC[C@H]4CO)c3)n2)c(-c2cccc(Oc3ccccc3)c2)c1C#N. The summed E-state index contributed by atoms with van der Waals surface area (Å²) in [7, 11) is 0. The Bertz CT molecular complexity index is 1790. The van der Waals surface area contributed by atoms with Crippen molar-refractivity contribution in [2.45, 2.75) is 32.2 Å². The molecule has 9 heteroatoms. The molecule has 0 saturated carbocycles. The van der Waals surface area contributed by atoms with Crippen molar-refractivity contribution in [1.29, 1.82) is 5.26 Å². The van der Waals surface area contributed by atoms with Crippen LogP contribution in [0.3, 0.4) is 0 Å². The van der Waals surface area contributed by atoms with Gasteiger partial charge in [-0.2, -0.15) is 5.26 Å². The number of aliphatic hydroxyl groups is 1. The highest BCUT2D eigenvalue weighted by Gasteiger charge is 2.23.